The number of hydrogen-bond donors (Lipinski definition) is 4. The van der Waals surface area contributed by atoms with E-state index in [2.05, 4.69) is 74.1 Å². The van der Waals surface area contributed by atoms with E-state index in [0.717, 1.165) is 65.1 Å². The molecule has 12 nitrogen and oxygen atoms in total. The number of rotatable bonds is 9. The third kappa shape index (κ3) is 7.11. The smallest absolute Gasteiger partial charge is 0.407 e. The van der Waals surface area contributed by atoms with Crippen molar-refractivity contribution in [2.24, 2.45) is 0 Å². The predicted octanol–water partition coefficient (Wildman–Crippen LogP) is 6.26. The molecule has 0 radical (unpaired) electrons. The highest BCUT2D eigenvalue weighted by Crippen LogP contribution is 2.36. The largest absolute Gasteiger partial charge is 0.453 e. The van der Waals surface area contributed by atoms with Crippen LogP contribution < -0.4 is 10.6 Å². The minimum Gasteiger partial charge on any atom is -0.453 e. The fourth-order valence-corrected chi connectivity index (χ4v) is 7.98. The maximum Gasteiger partial charge on any atom is 0.407 e. The Labute approximate surface area is 312 Å². The van der Waals surface area contributed by atoms with Gasteiger partial charge in [0.15, 0.2) is 0 Å². The van der Waals surface area contributed by atoms with Gasteiger partial charge in [-0.3, -0.25) is 9.59 Å². The lowest BCUT2D eigenvalue weighted by Crippen LogP contribution is -2.43. The quantitative estimate of drug-likeness (QED) is 0.140. The molecule has 3 aliphatic rings. The summed E-state index contributed by atoms with van der Waals surface area (Å²) in [6.07, 6.45) is 5.48. The molecule has 5 atom stereocenters. The number of methoxy groups -OCH3 is 1. The summed E-state index contributed by atoms with van der Waals surface area (Å²) in [5.41, 5.74) is 6.49. The van der Waals surface area contributed by atoms with Crippen molar-refractivity contribution in [2.75, 3.05) is 26.7 Å². The lowest BCUT2D eigenvalue weighted by atomic mass is 10.0. The monoisotopic (exact) mass is 730 g/mol. The van der Waals surface area contributed by atoms with Crippen molar-refractivity contribution in [1.82, 2.24) is 40.4 Å². The second kappa shape index (κ2) is 15.3. The summed E-state index contributed by atoms with van der Waals surface area (Å²) in [6.45, 7) is 1.44. The number of hydrogen-bond acceptors (Lipinski definition) is 7. The van der Waals surface area contributed by atoms with Gasteiger partial charge in [0.05, 0.1) is 49.0 Å². The highest BCUT2D eigenvalue weighted by molar-refractivity contribution is 5.87. The molecule has 2 aromatic heterocycles. The molecule has 3 aromatic carbocycles. The maximum atomic E-state index is 13.9. The molecule has 0 spiro atoms. The minimum absolute atomic E-state index is 0.0463. The van der Waals surface area contributed by atoms with Crippen LogP contribution in [-0.4, -0.2) is 86.6 Å². The Morgan fingerprint density at radius 2 is 1.31 bits per heavy atom. The van der Waals surface area contributed by atoms with E-state index in [1.165, 1.54) is 7.11 Å². The van der Waals surface area contributed by atoms with Crippen molar-refractivity contribution in [3.63, 3.8) is 0 Å². The molecule has 8 rings (SSSR count). The van der Waals surface area contributed by atoms with E-state index in [1.54, 1.807) is 11.1 Å². The first kappa shape index (κ1) is 35.2. The topological polar surface area (TPSA) is 148 Å². The number of nitrogens with zero attached hydrogens (tertiary/aromatic N) is 4. The number of amides is 3. The fourth-order valence-electron chi connectivity index (χ4n) is 7.98. The summed E-state index contributed by atoms with van der Waals surface area (Å²) in [7, 11) is 1.28. The molecule has 4 N–H and O–H groups in total. The maximum absolute atomic E-state index is 13.9. The van der Waals surface area contributed by atoms with Crippen LogP contribution in [0.4, 0.5) is 9.18 Å². The van der Waals surface area contributed by atoms with Crippen LogP contribution in [0.2, 0.25) is 0 Å². The third-order valence-electron chi connectivity index (χ3n) is 10.8. The van der Waals surface area contributed by atoms with Gasteiger partial charge in [-0.15, -0.1) is 0 Å². The number of carbonyl (C=O) groups is 3. The summed E-state index contributed by atoms with van der Waals surface area (Å²) >= 11 is 0. The molecule has 0 aliphatic carbocycles. The van der Waals surface area contributed by atoms with Crippen molar-refractivity contribution in [1.29, 1.82) is 0 Å². The Bertz CT molecular complexity index is 2100. The lowest BCUT2D eigenvalue weighted by molar-refractivity contribution is -0.135. The Hall–Kier alpha value is -5.82. The van der Waals surface area contributed by atoms with Crippen molar-refractivity contribution in [3.05, 3.63) is 108 Å². The average molecular weight is 731 g/mol. The summed E-state index contributed by atoms with van der Waals surface area (Å²) < 4.78 is 18.6. The summed E-state index contributed by atoms with van der Waals surface area (Å²) in [5.74, 6) is 1.20. The van der Waals surface area contributed by atoms with Crippen LogP contribution in [0.5, 0.6) is 0 Å². The molecule has 3 amide bonds. The molecule has 13 heteroatoms. The van der Waals surface area contributed by atoms with Crippen LogP contribution >= 0.6 is 0 Å². The number of imidazole rings is 2. The van der Waals surface area contributed by atoms with Crippen molar-refractivity contribution >= 4 is 17.9 Å². The van der Waals surface area contributed by atoms with Crippen molar-refractivity contribution in [3.8, 4) is 33.6 Å². The molecular weight excluding hydrogens is 688 g/mol. The Morgan fingerprint density at radius 1 is 0.778 bits per heavy atom. The number of nitrogens with one attached hydrogen (secondary N) is 4. The van der Waals surface area contributed by atoms with E-state index in [9.17, 15) is 18.8 Å². The third-order valence-corrected chi connectivity index (χ3v) is 10.8. The van der Waals surface area contributed by atoms with Crippen LogP contribution in [-0.2, 0) is 14.3 Å². The lowest BCUT2D eigenvalue weighted by Gasteiger charge is -2.28. The van der Waals surface area contributed by atoms with E-state index >= 15 is 0 Å². The van der Waals surface area contributed by atoms with Gasteiger partial charge >= 0.3 is 6.09 Å². The molecule has 0 bridgehead atoms. The molecule has 3 aliphatic heterocycles. The van der Waals surface area contributed by atoms with Crippen LogP contribution in [0.25, 0.3) is 33.6 Å². The SMILES string of the molecule is COC(=O)N[C@@H](C(=O)N1CCC[C@H]1c1ncc(-c2ccc(-c3ccc(-c4cnc([C@@H]5CCCN5C(=O)[C@@H]5C[C@@H](F)CN5)[nH]4)cc3)cc2)[nH]1)c1ccccc1. The highest BCUT2D eigenvalue weighted by Gasteiger charge is 2.39. The van der Waals surface area contributed by atoms with Crippen molar-refractivity contribution in [2.45, 2.75) is 62.4 Å². The van der Waals surface area contributed by atoms with Crippen molar-refractivity contribution < 1.29 is 23.5 Å². The predicted molar refractivity (Wildman–Crippen MR) is 200 cm³/mol. The van der Waals surface area contributed by atoms with E-state index in [-0.39, 0.29) is 36.9 Å². The van der Waals surface area contributed by atoms with Gasteiger partial charge in [0.25, 0.3) is 5.91 Å². The zero-order valence-corrected chi connectivity index (χ0v) is 30.0. The van der Waals surface area contributed by atoms with Crippen LogP contribution in [0.15, 0.2) is 91.3 Å². The molecule has 5 aromatic rings. The average Bonchev–Trinajstić information content (AvgIpc) is 4.07. The number of alkyl halides is 1. The number of ether oxygens (including phenoxy) is 1. The first-order chi connectivity index (χ1) is 26.4. The number of H-pyrrole nitrogens is 2. The first-order valence-electron chi connectivity index (χ1n) is 18.5. The van der Waals surface area contributed by atoms with Crippen LogP contribution in [0.3, 0.4) is 0 Å². The fraction of sp³-hybridized carbons (Fsp3) is 0.341. The molecule has 3 saturated heterocycles. The number of alkyl carbamates (subject to hydrolysis) is 1. The van der Waals surface area contributed by atoms with Gasteiger partial charge < -0.3 is 35.1 Å². The number of aromatic nitrogens is 4. The molecule has 0 unspecified atom stereocenters. The minimum atomic E-state index is -0.978. The highest BCUT2D eigenvalue weighted by atomic mass is 19.1. The summed E-state index contributed by atoms with van der Waals surface area (Å²) in [4.78, 5) is 59.0. The van der Waals surface area contributed by atoms with Gasteiger partial charge in [-0.25, -0.2) is 19.2 Å². The molecule has 54 heavy (non-hydrogen) atoms. The number of aromatic amines is 2. The number of benzene rings is 3. The van der Waals surface area contributed by atoms with Gasteiger partial charge in [0.1, 0.15) is 23.9 Å². The second-order valence-electron chi connectivity index (χ2n) is 14.2. The Balaban J connectivity index is 0.925. The van der Waals surface area contributed by atoms with E-state index in [1.807, 2.05) is 41.4 Å². The standard InChI is InChI=1S/C41H43FN8O4/c1-54-41(53)48-36(29-7-3-2-4-8-29)40(52)50-20-6-10-35(50)38-45-24-33(47-38)28-17-13-26(14-18-28)25-11-15-27(16-12-25)32-23-44-37(46-32)34-9-5-19-49(34)39(51)31-21-30(42)22-43-31/h2-4,7-8,11-18,23-24,30-31,34-36,43H,5-6,9-10,19-22H2,1H3,(H,44,46)(H,45,47)(H,48,53)/t30-,31+,34+,35+,36-/m1/s1. The summed E-state index contributed by atoms with van der Waals surface area (Å²) in [6, 6.07) is 24.0. The molecule has 3 fully saturated rings. The Morgan fingerprint density at radius 3 is 1.85 bits per heavy atom. The van der Waals surface area contributed by atoms with E-state index in [4.69, 9.17) is 9.72 Å². The number of likely N-dealkylation sites (tertiary alicyclic amines) is 2. The van der Waals surface area contributed by atoms with Gasteiger partial charge in [-0.1, -0.05) is 78.9 Å². The van der Waals surface area contributed by atoms with Gasteiger partial charge in [0.2, 0.25) is 5.91 Å². The second-order valence-corrected chi connectivity index (χ2v) is 14.2. The molecular formula is C41H43FN8O4. The zero-order chi connectivity index (χ0) is 37.2. The van der Waals surface area contributed by atoms with E-state index in [0.29, 0.717) is 24.5 Å². The zero-order valence-electron chi connectivity index (χ0n) is 30.0. The summed E-state index contributed by atoms with van der Waals surface area (Å²) in [5, 5.41) is 5.73. The normalized spacial score (nSPS) is 21.7. The Kier molecular flexibility index (Phi) is 9.96. The van der Waals surface area contributed by atoms with Gasteiger partial charge in [0, 0.05) is 26.1 Å². The molecule has 0 saturated carbocycles. The van der Waals surface area contributed by atoms with Gasteiger partial charge in [-0.05, 0) is 53.5 Å². The van der Waals surface area contributed by atoms with E-state index < -0.39 is 24.3 Å². The molecule has 278 valence electrons. The number of carbonyl (C=O) groups excluding carboxylic acids is 3. The number of halogens is 1. The van der Waals surface area contributed by atoms with Crippen LogP contribution in [0.1, 0.15) is 67.4 Å². The molecule has 5 heterocycles. The first-order valence-corrected chi connectivity index (χ1v) is 18.5. The van der Waals surface area contributed by atoms with Gasteiger partial charge in [-0.2, -0.15) is 0 Å². The van der Waals surface area contributed by atoms with Crippen LogP contribution in [0, 0.1) is 0 Å².